The summed E-state index contributed by atoms with van der Waals surface area (Å²) < 4.78 is 10.4. The number of rotatable bonds is 8. The molecule has 3 rings (SSSR count). The van der Waals surface area contributed by atoms with Crippen molar-refractivity contribution >= 4 is 17.4 Å². The van der Waals surface area contributed by atoms with E-state index in [2.05, 4.69) is 15.3 Å². The Labute approximate surface area is 180 Å². The van der Waals surface area contributed by atoms with Gasteiger partial charge in [-0.2, -0.15) is 9.97 Å². The normalized spacial score (nSPS) is 12.7. The average molecular weight is 424 g/mol. The van der Waals surface area contributed by atoms with Crippen molar-refractivity contribution < 1.29 is 19.5 Å². The molecule has 0 spiro atoms. The highest BCUT2D eigenvalue weighted by molar-refractivity contribution is 5.86. The van der Waals surface area contributed by atoms with Gasteiger partial charge in [0.1, 0.15) is 11.6 Å². The molecule has 9 nitrogen and oxygen atoms in total. The van der Waals surface area contributed by atoms with Crippen LogP contribution in [0.4, 0.5) is 11.5 Å². The van der Waals surface area contributed by atoms with E-state index in [-0.39, 0.29) is 11.7 Å². The Morgan fingerprint density at radius 3 is 2.48 bits per heavy atom. The van der Waals surface area contributed by atoms with Gasteiger partial charge in [0, 0.05) is 30.3 Å². The average Bonchev–Trinajstić information content (AvgIpc) is 2.79. The summed E-state index contributed by atoms with van der Waals surface area (Å²) in [6.45, 7) is 1.64. The lowest BCUT2D eigenvalue weighted by Crippen LogP contribution is -2.43. The molecule has 1 aromatic heterocycles. The molecule has 1 atom stereocenters. The van der Waals surface area contributed by atoms with E-state index in [0.29, 0.717) is 23.6 Å². The molecule has 1 heterocycles. The van der Waals surface area contributed by atoms with Crippen LogP contribution in [-0.2, 0) is 11.2 Å². The smallest absolute Gasteiger partial charge is 0.348 e. The van der Waals surface area contributed by atoms with Crippen LogP contribution in [0.15, 0.2) is 54.6 Å². The van der Waals surface area contributed by atoms with E-state index in [0.717, 1.165) is 24.7 Å². The first kappa shape index (κ1) is 22.2. The van der Waals surface area contributed by atoms with Gasteiger partial charge < -0.3 is 20.0 Å². The number of methoxy groups -OCH3 is 2. The van der Waals surface area contributed by atoms with Crippen LogP contribution in [0.3, 0.4) is 0 Å². The van der Waals surface area contributed by atoms with Crippen molar-refractivity contribution in [2.75, 3.05) is 26.1 Å². The van der Waals surface area contributed by atoms with Gasteiger partial charge in [-0.15, -0.1) is 4.81 Å². The molecule has 31 heavy (non-hydrogen) atoms. The second-order valence-electron chi connectivity index (χ2n) is 6.80. The Kier molecular flexibility index (Phi) is 6.81. The second-order valence-corrected chi connectivity index (χ2v) is 6.80. The lowest BCUT2D eigenvalue weighted by Gasteiger charge is -2.28. The minimum absolute atomic E-state index is 0.114. The molecule has 0 radical (unpaired) electrons. The van der Waals surface area contributed by atoms with Gasteiger partial charge in [-0.3, -0.25) is 0 Å². The molecule has 0 aliphatic heterocycles. The number of carbonyl (C=O) groups excluding carboxylic acids is 1. The van der Waals surface area contributed by atoms with E-state index in [1.165, 1.54) is 19.2 Å². The highest BCUT2D eigenvalue weighted by Gasteiger charge is 2.25. The molecule has 0 aliphatic rings. The first-order valence-corrected chi connectivity index (χ1v) is 9.58. The number of carbonyl (C=O) groups is 1. The van der Waals surface area contributed by atoms with Gasteiger partial charge in [0.15, 0.2) is 5.69 Å². The number of amides is 1. The van der Waals surface area contributed by atoms with E-state index in [1.807, 2.05) is 24.3 Å². The number of ether oxygens (including phenoxy) is 2. The Hall–Kier alpha value is -3.53. The van der Waals surface area contributed by atoms with Gasteiger partial charge in [-0.05, 0) is 24.1 Å². The van der Waals surface area contributed by atoms with Crippen molar-refractivity contribution in [3.05, 3.63) is 65.4 Å². The van der Waals surface area contributed by atoms with Crippen LogP contribution in [0, 0.1) is 5.21 Å². The Balaban J connectivity index is 1.80. The molecule has 0 saturated carbocycles. The predicted octanol–water partition coefficient (Wildman–Crippen LogP) is 3.56. The van der Waals surface area contributed by atoms with Crippen LogP contribution < -0.4 is 19.6 Å². The molecule has 0 aliphatic carbocycles. The van der Waals surface area contributed by atoms with Crippen LogP contribution >= 0.6 is 0 Å². The number of quaternary nitrogens is 1. The zero-order valence-corrected chi connectivity index (χ0v) is 17.5. The number of hydrogen-bond donors (Lipinski definition) is 2. The third kappa shape index (κ3) is 5.34. The summed E-state index contributed by atoms with van der Waals surface area (Å²) in [4.78, 5) is 18.0. The second kappa shape index (κ2) is 9.52. The fraction of sp³-hybridized carbons (Fsp3) is 0.227. The van der Waals surface area contributed by atoms with Crippen LogP contribution in [0.5, 0.6) is 11.8 Å². The molecule has 1 unspecified atom stereocenters. The summed E-state index contributed by atoms with van der Waals surface area (Å²) >= 11 is 0. The van der Waals surface area contributed by atoms with E-state index in [1.54, 1.807) is 25.3 Å². The third-order valence-corrected chi connectivity index (χ3v) is 4.69. The fourth-order valence-electron chi connectivity index (χ4n) is 2.92. The zero-order valence-electron chi connectivity index (χ0n) is 17.5. The number of hydroxylamine groups is 2. The molecule has 0 bridgehead atoms. The highest BCUT2D eigenvalue weighted by Crippen LogP contribution is 2.28. The summed E-state index contributed by atoms with van der Waals surface area (Å²) in [5.74, 6) is 0.398. The summed E-state index contributed by atoms with van der Waals surface area (Å²) in [6, 6.07) is 15.7. The first-order chi connectivity index (χ1) is 14.8. The third-order valence-electron chi connectivity index (χ3n) is 4.69. The Morgan fingerprint density at radius 1 is 1.10 bits per heavy atom. The van der Waals surface area contributed by atoms with E-state index >= 15 is 0 Å². The summed E-state index contributed by atoms with van der Waals surface area (Å²) in [5.41, 5.74) is 2.03. The van der Waals surface area contributed by atoms with Crippen molar-refractivity contribution in [3.63, 3.8) is 0 Å². The number of nitrogens with one attached hydrogen (secondary N) is 1. The first-order valence-electron chi connectivity index (χ1n) is 9.58. The minimum atomic E-state index is -2.09. The van der Waals surface area contributed by atoms with Crippen molar-refractivity contribution in [1.29, 1.82) is 0 Å². The van der Waals surface area contributed by atoms with Gasteiger partial charge in [0.2, 0.25) is 0 Å². The molecule has 162 valence electrons. The van der Waals surface area contributed by atoms with Gasteiger partial charge in [-0.25, -0.2) is 10.0 Å². The molecule has 2 aromatic carbocycles. The molecule has 2 N–H and O–H groups in total. The molecule has 9 heteroatoms. The molecular formula is C22H24N4O5. The number of nitrogens with zero attached hydrogens (tertiary/aromatic N) is 3. The van der Waals surface area contributed by atoms with Crippen LogP contribution in [-0.4, -0.2) is 41.8 Å². The van der Waals surface area contributed by atoms with E-state index < -0.39 is 10.7 Å². The molecule has 0 saturated heterocycles. The molecule has 3 aromatic rings. The maximum Gasteiger partial charge on any atom is 0.348 e. The number of hydrogen-bond acceptors (Lipinski definition) is 8. The van der Waals surface area contributed by atoms with E-state index in [4.69, 9.17) is 9.47 Å². The maximum atomic E-state index is 12.2. The number of benzene rings is 2. The maximum absolute atomic E-state index is 12.2. The van der Waals surface area contributed by atoms with Crippen LogP contribution in [0.1, 0.15) is 12.5 Å². The van der Waals surface area contributed by atoms with Gasteiger partial charge in [-0.1, -0.05) is 24.3 Å². The van der Waals surface area contributed by atoms with E-state index in [9.17, 15) is 15.2 Å². The van der Waals surface area contributed by atoms with Crippen LogP contribution in [0.2, 0.25) is 0 Å². The van der Waals surface area contributed by atoms with Crippen molar-refractivity contribution in [2.45, 2.75) is 13.3 Å². The SMILES string of the molecule is COc1ccc(CCNc2cc(-c3cccc([N+]([O-])(O)C(C)=O)c3)nc(OC)n2)cc1. The Bertz CT molecular complexity index is 1050. The van der Waals surface area contributed by atoms with Crippen LogP contribution in [0.25, 0.3) is 11.3 Å². The van der Waals surface area contributed by atoms with Gasteiger partial charge >= 0.3 is 11.9 Å². The molecular weight excluding hydrogens is 400 g/mol. The quantitative estimate of drug-likeness (QED) is 0.320. The Morgan fingerprint density at radius 2 is 1.84 bits per heavy atom. The molecule has 1 amide bonds. The van der Waals surface area contributed by atoms with Crippen molar-refractivity contribution in [1.82, 2.24) is 14.8 Å². The standard InChI is InChI=1S/C22H24N4O5/c1-15(27)26(28,29)18-6-4-5-17(13-18)20-14-21(25-22(24-20)31-3)23-12-11-16-7-9-19(30-2)10-8-16/h4-10,13-14,28H,11-12H2,1-3H3,(H,23,24,25). The lowest BCUT2D eigenvalue weighted by molar-refractivity contribution is -0.148. The zero-order chi connectivity index (χ0) is 22.4. The summed E-state index contributed by atoms with van der Waals surface area (Å²) in [6.07, 6.45) is 0.764. The largest absolute Gasteiger partial charge is 0.586 e. The summed E-state index contributed by atoms with van der Waals surface area (Å²) in [7, 11) is 3.09. The monoisotopic (exact) mass is 424 g/mol. The minimum Gasteiger partial charge on any atom is -0.586 e. The topological polar surface area (TPSA) is 117 Å². The fourth-order valence-corrected chi connectivity index (χ4v) is 2.92. The van der Waals surface area contributed by atoms with Gasteiger partial charge in [0.25, 0.3) is 0 Å². The van der Waals surface area contributed by atoms with Crippen molar-refractivity contribution in [2.24, 2.45) is 0 Å². The predicted molar refractivity (Wildman–Crippen MR) is 117 cm³/mol. The molecule has 0 fully saturated rings. The lowest BCUT2D eigenvalue weighted by atomic mass is 10.1. The van der Waals surface area contributed by atoms with Crippen molar-refractivity contribution in [3.8, 4) is 23.0 Å². The van der Waals surface area contributed by atoms with Gasteiger partial charge in [0.05, 0.1) is 26.8 Å². The summed E-state index contributed by atoms with van der Waals surface area (Å²) in [5, 5.41) is 25.3. The number of anilines is 1. The number of aromatic nitrogens is 2. The highest BCUT2D eigenvalue weighted by atomic mass is 16.8.